The van der Waals surface area contributed by atoms with Crippen LogP contribution in [0.1, 0.15) is 30.7 Å². The van der Waals surface area contributed by atoms with Crippen molar-refractivity contribution in [1.82, 2.24) is 15.6 Å². The van der Waals surface area contributed by atoms with E-state index in [0.717, 1.165) is 22.9 Å². The van der Waals surface area contributed by atoms with E-state index in [0.29, 0.717) is 6.54 Å². The number of carbonyl (C=O) groups excluding carboxylic acids is 2. The molecule has 1 aromatic carbocycles. The number of nitrogens with one attached hydrogen (secondary N) is 3. The first-order valence-corrected chi connectivity index (χ1v) is 7.72. The van der Waals surface area contributed by atoms with Crippen LogP contribution in [0.15, 0.2) is 18.2 Å². The number of aromatic nitrogens is 1. The Morgan fingerprint density at radius 3 is 2.70 bits per heavy atom. The second kappa shape index (κ2) is 7.28. The molecular weight excluding hydrogens is 294 g/mol. The van der Waals surface area contributed by atoms with Gasteiger partial charge in [0.2, 0.25) is 11.8 Å². The Morgan fingerprint density at radius 1 is 1.35 bits per heavy atom. The molecule has 1 unspecified atom stereocenters. The molecule has 1 atom stereocenters. The second-order valence-electron chi connectivity index (χ2n) is 5.62. The number of hydrogen-bond acceptors (Lipinski definition) is 3. The van der Waals surface area contributed by atoms with Crippen LogP contribution in [0.25, 0.3) is 10.9 Å². The van der Waals surface area contributed by atoms with Crippen LogP contribution in [-0.2, 0) is 22.6 Å². The van der Waals surface area contributed by atoms with Crippen molar-refractivity contribution < 1.29 is 14.7 Å². The third-order valence-corrected chi connectivity index (χ3v) is 3.92. The molecule has 0 radical (unpaired) electrons. The van der Waals surface area contributed by atoms with E-state index in [-0.39, 0.29) is 5.91 Å². The first-order valence-electron chi connectivity index (χ1n) is 7.72. The second-order valence-corrected chi connectivity index (χ2v) is 5.62. The van der Waals surface area contributed by atoms with Gasteiger partial charge in [-0.05, 0) is 36.6 Å². The van der Waals surface area contributed by atoms with Gasteiger partial charge in [0.05, 0.1) is 6.61 Å². The van der Waals surface area contributed by atoms with Gasteiger partial charge >= 0.3 is 0 Å². The number of carbonyl (C=O) groups is 2. The fourth-order valence-electron chi connectivity index (χ4n) is 2.64. The molecule has 0 bridgehead atoms. The lowest BCUT2D eigenvalue weighted by molar-refractivity contribution is -0.129. The Morgan fingerprint density at radius 2 is 2.09 bits per heavy atom. The smallest absolute Gasteiger partial charge is 0.245 e. The molecule has 2 amide bonds. The zero-order chi connectivity index (χ0) is 17.0. The van der Waals surface area contributed by atoms with Gasteiger partial charge < -0.3 is 20.7 Å². The number of aromatic amines is 1. The SMILES string of the molecule is CCc1[nH]c2ccc(CNC(=O)C(CO)NC(C)=O)cc2c1C. The van der Waals surface area contributed by atoms with Gasteiger partial charge in [0.15, 0.2) is 0 Å². The monoisotopic (exact) mass is 317 g/mol. The van der Waals surface area contributed by atoms with Gasteiger partial charge in [0.25, 0.3) is 0 Å². The predicted octanol–water partition coefficient (Wildman–Crippen LogP) is 1.15. The Bertz CT molecular complexity index is 721. The maximum absolute atomic E-state index is 12.0. The quantitative estimate of drug-likeness (QED) is 0.644. The number of fused-ring (bicyclic) bond motifs is 1. The summed E-state index contributed by atoms with van der Waals surface area (Å²) in [5, 5.41) is 15.5. The van der Waals surface area contributed by atoms with E-state index in [2.05, 4.69) is 29.5 Å². The maximum Gasteiger partial charge on any atom is 0.245 e. The van der Waals surface area contributed by atoms with Gasteiger partial charge in [-0.3, -0.25) is 9.59 Å². The summed E-state index contributed by atoms with van der Waals surface area (Å²) in [6.45, 7) is 5.41. The molecule has 2 aromatic rings. The summed E-state index contributed by atoms with van der Waals surface area (Å²) in [4.78, 5) is 26.4. The number of rotatable bonds is 6. The van der Waals surface area contributed by atoms with Crippen LogP contribution in [0.3, 0.4) is 0 Å². The lowest BCUT2D eigenvalue weighted by Crippen LogP contribution is -2.48. The first kappa shape index (κ1) is 17.0. The average Bonchev–Trinajstić information content (AvgIpc) is 2.86. The highest BCUT2D eigenvalue weighted by molar-refractivity contribution is 5.87. The van der Waals surface area contributed by atoms with E-state index >= 15 is 0 Å². The highest BCUT2D eigenvalue weighted by atomic mass is 16.3. The average molecular weight is 317 g/mol. The van der Waals surface area contributed by atoms with E-state index in [1.165, 1.54) is 18.2 Å². The summed E-state index contributed by atoms with van der Waals surface area (Å²) in [7, 11) is 0. The zero-order valence-corrected chi connectivity index (χ0v) is 13.7. The molecule has 4 N–H and O–H groups in total. The molecule has 6 nitrogen and oxygen atoms in total. The maximum atomic E-state index is 12.0. The minimum atomic E-state index is -0.920. The van der Waals surface area contributed by atoms with Gasteiger partial charge in [0, 0.05) is 30.1 Å². The van der Waals surface area contributed by atoms with Crippen molar-refractivity contribution >= 4 is 22.7 Å². The topological polar surface area (TPSA) is 94.2 Å². The van der Waals surface area contributed by atoms with Gasteiger partial charge in [-0.1, -0.05) is 13.0 Å². The van der Waals surface area contributed by atoms with Crippen molar-refractivity contribution in [3.8, 4) is 0 Å². The minimum Gasteiger partial charge on any atom is -0.394 e. The molecular formula is C17H23N3O3. The van der Waals surface area contributed by atoms with Crippen LogP contribution in [0.4, 0.5) is 0 Å². The summed E-state index contributed by atoms with van der Waals surface area (Å²) in [5.74, 6) is -0.751. The van der Waals surface area contributed by atoms with Crippen LogP contribution in [0.5, 0.6) is 0 Å². The molecule has 0 aliphatic heterocycles. The number of aryl methyl sites for hydroxylation is 2. The molecule has 23 heavy (non-hydrogen) atoms. The van der Waals surface area contributed by atoms with E-state index in [9.17, 15) is 14.7 Å². The first-order chi connectivity index (χ1) is 11.0. The fraction of sp³-hybridized carbons (Fsp3) is 0.412. The van der Waals surface area contributed by atoms with Crippen molar-refractivity contribution in [3.63, 3.8) is 0 Å². The molecule has 0 aliphatic rings. The fourth-order valence-corrected chi connectivity index (χ4v) is 2.64. The van der Waals surface area contributed by atoms with Crippen molar-refractivity contribution in [2.24, 2.45) is 0 Å². The van der Waals surface area contributed by atoms with Crippen molar-refractivity contribution in [1.29, 1.82) is 0 Å². The molecule has 6 heteroatoms. The van der Waals surface area contributed by atoms with Crippen molar-refractivity contribution in [2.75, 3.05) is 6.61 Å². The zero-order valence-electron chi connectivity index (χ0n) is 13.7. The summed E-state index contributed by atoms with van der Waals surface area (Å²) in [6, 6.07) is 5.08. The van der Waals surface area contributed by atoms with Gasteiger partial charge in [-0.25, -0.2) is 0 Å². The molecule has 1 heterocycles. The highest BCUT2D eigenvalue weighted by Crippen LogP contribution is 2.23. The molecule has 0 fully saturated rings. The summed E-state index contributed by atoms with van der Waals surface area (Å²) in [5.41, 5.74) is 4.49. The normalized spacial score (nSPS) is 12.2. The van der Waals surface area contributed by atoms with Crippen LogP contribution in [-0.4, -0.2) is 34.6 Å². The van der Waals surface area contributed by atoms with Crippen molar-refractivity contribution in [3.05, 3.63) is 35.0 Å². The number of amides is 2. The molecule has 2 rings (SSSR count). The summed E-state index contributed by atoms with van der Waals surface area (Å²) < 4.78 is 0. The standard InChI is InChI=1S/C17H23N3O3/c1-4-14-10(2)13-7-12(5-6-15(13)20-14)8-18-17(23)16(9-21)19-11(3)22/h5-7,16,20-21H,4,8-9H2,1-3H3,(H,18,23)(H,19,22). The van der Waals surface area contributed by atoms with E-state index in [4.69, 9.17) is 0 Å². The molecule has 0 aliphatic carbocycles. The molecule has 124 valence electrons. The Balaban J connectivity index is 2.08. The highest BCUT2D eigenvalue weighted by Gasteiger charge is 2.17. The summed E-state index contributed by atoms with van der Waals surface area (Å²) >= 11 is 0. The Kier molecular flexibility index (Phi) is 5.39. The number of benzene rings is 1. The Hall–Kier alpha value is -2.34. The van der Waals surface area contributed by atoms with Gasteiger partial charge in [-0.15, -0.1) is 0 Å². The molecule has 0 spiro atoms. The van der Waals surface area contributed by atoms with Crippen molar-refractivity contribution in [2.45, 2.75) is 39.8 Å². The third kappa shape index (κ3) is 3.90. The predicted molar refractivity (Wildman–Crippen MR) is 89.0 cm³/mol. The number of aliphatic hydroxyl groups is 1. The van der Waals surface area contributed by atoms with Crippen LogP contribution < -0.4 is 10.6 Å². The number of aliphatic hydroxyl groups excluding tert-OH is 1. The molecule has 1 aromatic heterocycles. The third-order valence-electron chi connectivity index (χ3n) is 3.92. The van der Waals surface area contributed by atoms with Crippen LogP contribution >= 0.6 is 0 Å². The van der Waals surface area contributed by atoms with E-state index in [1.807, 2.05) is 18.2 Å². The molecule has 0 saturated heterocycles. The summed E-state index contributed by atoms with van der Waals surface area (Å²) in [6.07, 6.45) is 0.946. The van der Waals surface area contributed by atoms with Gasteiger partial charge in [0.1, 0.15) is 6.04 Å². The van der Waals surface area contributed by atoms with Crippen LogP contribution in [0.2, 0.25) is 0 Å². The minimum absolute atomic E-state index is 0.344. The number of hydrogen-bond donors (Lipinski definition) is 4. The number of H-pyrrole nitrogens is 1. The lowest BCUT2D eigenvalue weighted by atomic mass is 10.1. The van der Waals surface area contributed by atoms with E-state index in [1.54, 1.807) is 0 Å². The Labute approximate surface area is 135 Å². The largest absolute Gasteiger partial charge is 0.394 e. The van der Waals surface area contributed by atoms with Gasteiger partial charge in [-0.2, -0.15) is 0 Å². The lowest BCUT2D eigenvalue weighted by Gasteiger charge is -2.15. The van der Waals surface area contributed by atoms with Crippen LogP contribution in [0, 0.1) is 6.92 Å². The van der Waals surface area contributed by atoms with E-state index < -0.39 is 18.6 Å². The molecule has 0 saturated carbocycles.